The van der Waals surface area contributed by atoms with E-state index in [1.165, 1.54) is 24.5 Å². The second-order valence-corrected chi connectivity index (χ2v) is 9.71. The van der Waals surface area contributed by atoms with Gasteiger partial charge in [0.05, 0.1) is 16.8 Å². The van der Waals surface area contributed by atoms with Crippen molar-refractivity contribution in [3.05, 3.63) is 78.1 Å². The number of fused-ring (bicyclic) bond motifs is 2. The number of carboxylic acid groups (broad SMARTS) is 1. The van der Waals surface area contributed by atoms with Crippen LogP contribution in [0, 0.1) is 12.7 Å². The molecule has 0 bridgehead atoms. The van der Waals surface area contributed by atoms with Crippen molar-refractivity contribution in [3.8, 4) is 16.8 Å². The lowest BCUT2D eigenvalue weighted by molar-refractivity contribution is 0.0633. The van der Waals surface area contributed by atoms with Gasteiger partial charge in [-0.2, -0.15) is 0 Å². The molecule has 2 N–H and O–H groups in total. The number of benzene rings is 2. The van der Waals surface area contributed by atoms with Gasteiger partial charge in [-0.1, -0.05) is 12.1 Å². The van der Waals surface area contributed by atoms with Gasteiger partial charge in [-0.25, -0.2) is 23.9 Å². The van der Waals surface area contributed by atoms with Gasteiger partial charge in [-0.05, 0) is 75.2 Å². The Balaban J connectivity index is 1.68. The van der Waals surface area contributed by atoms with E-state index in [0.717, 1.165) is 0 Å². The molecule has 2 aromatic carbocycles. The molecule has 5 aromatic rings. The highest BCUT2D eigenvalue weighted by Gasteiger charge is 2.21. The highest BCUT2D eigenvalue weighted by atomic mass is 19.1. The molecule has 0 saturated carbocycles. The number of carbonyl (C=O) groups excluding carboxylic acids is 1. The maximum atomic E-state index is 14.5. The molecule has 0 aliphatic rings. The molecule has 0 aliphatic carbocycles. The number of hydrogen-bond acceptors (Lipinski definition) is 6. The predicted molar refractivity (Wildman–Crippen MR) is 141 cm³/mol. The summed E-state index contributed by atoms with van der Waals surface area (Å²) < 4.78 is 21.6. The van der Waals surface area contributed by atoms with Gasteiger partial charge in [0, 0.05) is 17.8 Å². The van der Waals surface area contributed by atoms with Crippen molar-refractivity contribution in [2.75, 3.05) is 5.32 Å². The fraction of sp³-hybridized carbons (Fsp3) is 0.179. The van der Waals surface area contributed by atoms with E-state index >= 15 is 0 Å². The zero-order chi connectivity index (χ0) is 27.2. The summed E-state index contributed by atoms with van der Waals surface area (Å²) in [4.78, 5) is 37.4. The van der Waals surface area contributed by atoms with Gasteiger partial charge < -0.3 is 9.84 Å². The van der Waals surface area contributed by atoms with Crippen molar-refractivity contribution in [1.82, 2.24) is 19.5 Å². The number of pyridine rings is 2. The number of ether oxygens (including phenoxy) is 1. The number of hydrogen-bond donors (Lipinski definition) is 2. The summed E-state index contributed by atoms with van der Waals surface area (Å²) in [6, 6.07) is 13.1. The predicted octanol–water partition coefficient (Wildman–Crippen LogP) is 6.13. The number of aromatic nitrogens is 4. The lowest BCUT2D eigenvalue weighted by Crippen LogP contribution is -2.27. The van der Waals surface area contributed by atoms with Crippen LogP contribution in [0.2, 0.25) is 0 Å². The van der Waals surface area contributed by atoms with Crippen LogP contribution in [0.3, 0.4) is 0 Å². The molecule has 10 heteroatoms. The molecule has 192 valence electrons. The number of aromatic carboxylic acids is 1. The van der Waals surface area contributed by atoms with Gasteiger partial charge in [0.2, 0.25) is 0 Å². The highest BCUT2D eigenvalue weighted by molar-refractivity contribution is 6.04. The monoisotopic (exact) mass is 513 g/mol. The molecule has 3 heterocycles. The van der Waals surface area contributed by atoms with Crippen LogP contribution in [0.1, 0.15) is 37.0 Å². The number of anilines is 1. The normalized spacial score (nSPS) is 11.6. The molecule has 0 aliphatic heterocycles. The Bertz CT molecular complexity index is 1740. The maximum Gasteiger partial charge on any atom is 0.413 e. The molecular weight excluding hydrogens is 489 g/mol. The van der Waals surface area contributed by atoms with E-state index in [0.29, 0.717) is 39.1 Å². The Morgan fingerprint density at radius 3 is 2.50 bits per heavy atom. The van der Waals surface area contributed by atoms with Crippen molar-refractivity contribution in [2.24, 2.45) is 0 Å². The van der Waals surface area contributed by atoms with Crippen molar-refractivity contribution in [3.63, 3.8) is 0 Å². The van der Waals surface area contributed by atoms with Crippen LogP contribution in [-0.4, -0.2) is 42.3 Å². The van der Waals surface area contributed by atoms with Crippen LogP contribution in [0.25, 0.3) is 38.8 Å². The first-order valence-corrected chi connectivity index (χ1v) is 11.8. The van der Waals surface area contributed by atoms with Crippen LogP contribution in [0.4, 0.5) is 15.0 Å². The van der Waals surface area contributed by atoms with Gasteiger partial charge in [0.25, 0.3) is 0 Å². The molecule has 38 heavy (non-hydrogen) atoms. The average molecular weight is 514 g/mol. The van der Waals surface area contributed by atoms with Gasteiger partial charge in [0.1, 0.15) is 34.1 Å². The SMILES string of the molecule is Cc1nc2c(C(=O)O)cc(-c3ccnc(NC(=O)OC(C)(C)C)c3)cc2n1-c1ccnc2c(F)cccc12. The standard InChI is InChI=1S/C28H24FN5O4/c1-15-32-25-19(26(35)36)12-17(16-8-10-30-23(14-16)33-27(37)38-28(2,3)4)13-22(25)34(15)21-9-11-31-24-18(21)6-5-7-20(24)29/h5-14H,1-4H3,(H,35,36)(H,30,33,37). The van der Waals surface area contributed by atoms with Crippen LogP contribution in [0.5, 0.6) is 0 Å². The van der Waals surface area contributed by atoms with Gasteiger partial charge in [-0.15, -0.1) is 0 Å². The molecule has 0 unspecified atom stereocenters. The number of imidazole rings is 1. The topological polar surface area (TPSA) is 119 Å². The zero-order valence-electron chi connectivity index (χ0n) is 21.1. The summed E-state index contributed by atoms with van der Waals surface area (Å²) in [6.45, 7) is 7.02. The first-order chi connectivity index (χ1) is 18.0. The van der Waals surface area contributed by atoms with Gasteiger partial charge in [-0.3, -0.25) is 14.9 Å². The quantitative estimate of drug-likeness (QED) is 0.297. The summed E-state index contributed by atoms with van der Waals surface area (Å²) in [5, 5.41) is 13.2. The Labute approximate surface area is 216 Å². The Kier molecular flexibility index (Phi) is 6.02. The molecule has 0 saturated heterocycles. The minimum absolute atomic E-state index is 0.00218. The van der Waals surface area contributed by atoms with Gasteiger partial charge >= 0.3 is 12.1 Å². The number of aryl methyl sites for hydroxylation is 1. The van der Waals surface area contributed by atoms with E-state index in [9.17, 15) is 19.1 Å². The van der Waals surface area contributed by atoms with Gasteiger partial charge in [0.15, 0.2) is 0 Å². The van der Waals surface area contributed by atoms with E-state index in [4.69, 9.17) is 4.74 Å². The Morgan fingerprint density at radius 2 is 1.76 bits per heavy atom. The van der Waals surface area contributed by atoms with Crippen LogP contribution < -0.4 is 5.32 Å². The number of nitrogens with zero attached hydrogens (tertiary/aromatic N) is 4. The third kappa shape index (κ3) is 4.63. The number of nitrogens with one attached hydrogen (secondary N) is 1. The number of para-hydroxylation sites is 1. The third-order valence-corrected chi connectivity index (χ3v) is 5.82. The Hall–Kier alpha value is -4.86. The highest BCUT2D eigenvalue weighted by Crippen LogP contribution is 2.33. The molecule has 3 aromatic heterocycles. The number of carbonyl (C=O) groups is 2. The number of amides is 1. The molecular formula is C28H24FN5O4. The average Bonchev–Trinajstić information content (AvgIpc) is 3.17. The van der Waals surface area contributed by atoms with Crippen molar-refractivity contribution in [1.29, 1.82) is 0 Å². The minimum atomic E-state index is -1.15. The van der Waals surface area contributed by atoms with Crippen molar-refractivity contribution < 1.29 is 23.8 Å². The Morgan fingerprint density at radius 1 is 1.00 bits per heavy atom. The van der Waals surface area contributed by atoms with E-state index in [2.05, 4.69) is 20.3 Å². The lowest BCUT2D eigenvalue weighted by atomic mass is 10.0. The zero-order valence-corrected chi connectivity index (χ0v) is 21.1. The second kappa shape index (κ2) is 9.22. The second-order valence-electron chi connectivity index (χ2n) is 9.71. The lowest BCUT2D eigenvalue weighted by Gasteiger charge is -2.19. The smallest absolute Gasteiger partial charge is 0.413 e. The minimum Gasteiger partial charge on any atom is -0.478 e. The molecule has 9 nitrogen and oxygen atoms in total. The number of carboxylic acids is 1. The summed E-state index contributed by atoms with van der Waals surface area (Å²) in [7, 11) is 0. The molecule has 1 amide bonds. The molecule has 0 atom stereocenters. The summed E-state index contributed by atoms with van der Waals surface area (Å²) in [5.74, 6) is -0.833. The first kappa shape index (κ1) is 24.8. The van der Waals surface area contributed by atoms with Crippen LogP contribution >= 0.6 is 0 Å². The molecule has 0 fully saturated rings. The molecule has 5 rings (SSSR count). The summed E-state index contributed by atoms with van der Waals surface area (Å²) in [5.41, 5.74) is 2.13. The third-order valence-electron chi connectivity index (χ3n) is 5.82. The van der Waals surface area contributed by atoms with Crippen LogP contribution in [-0.2, 0) is 4.74 Å². The molecule has 0 spiro atoms. The largest absolute Gasteiger partial charge is 0.478 e. The van der Waals surface area contributed by atoms with E-state index in [1.54, 1.807) is 68.7 Å². The van der Waals surface area contributed by atoms with E-state index in [-0.39, 0.29) is 16.9 Å². The summed E-state index contributed by atoms with van der Waals surface area (Å²) >= 11 is 0. The maximum absolute atomic E-state index is 14.5. The van der Waals surface area contributed by atoms with Crippen LogP contribution in [0.15, 0.2) is 60.9 Å². The number of halogens is 1. The summed E-state index contributed by atoms with van der Waals surface area (Å²) in [6.07, 6.45) is 2.36. The van der Waals surface area contributed by atoms with Crippen molar-refractivity contribution >= 4 is 39.8 Å². The fourth-order valence-corrected chi connectivity index (χ4v) is 4.33. The molecule has 0 radical (unpaired) electrons. The van der Waals surface area contributed by atoms with Crippen molar-refractivity contribution in [2.45, 2.75) is 33.3 Å². The number of rotatable bonds is 4. The first-order valence-electron chi connectivity index (χ1n) is 11.8. The fourth-order valence-electron chi connectivity index (χ4n) is 4.33. The van der Waals surface area contributed by atoms with E-state index < -0.39 is 23.5 Å². The van der Waals surface area contributed by atoms with E-state index in [1.807, 2.05) is 0 Å².